The fraction of sp³-hybridized carbons (Fsp3) is 0.750. The van der Waals surface area contributed by atoms with Crippen LogP contribution in [-0.2, 0) is 4.79 Å². The number of hydrogen-bond donors (Lipinski definition) is 2. The summed E-state index contributed by atoms with van der Waals surface area (Å²) in [6, 6.07) is 0. The Morgan fingerprint density at radius 2 is 2.04 bits per heavy atom. The molecule has 2 saturated carbocycles. The zero-order valence-electron chi connectivity index (χ0n) is 14.3. The monoisotopic (exact) mass is 350 g/mol. The molecule has 2 fully saturated rings. The van der Waals surface area contributed by atoms with Gasteiger partial charge in [0, 0.05) is 16.9 Å². The van der Waals surface area contributed by atoms with Crippen LogP contribution in [0.1, 0.15) is 51.9 Å². The van der Waals surface area contributed by atoms with Crippen molar-refractivity contribution >= 4 is 17.4 Å². The summed E-state index contributed by atoms with van der Waals surface area (Å²) in [5, 5.41) is 21.5. The minimum absolute atomic E-state index is 0.294. The Balaban J connectivity index is 1.68. The maximum absolute atomic E-state index is 11.8. The summed E-state index contributed by atoms with van der Waals surface area (Å²) in [5.74, 6) is 2.37. The average molecular weight is 351 g/mol. The van der Waals surface area contributed by atoms with Crippen molar-refractivity contribution in [3.8, 4) is 0 Å². The van der Waals surface area contributed by atoms with E-state index in [1.165, 1.54) is 5.57 Å². The molecule has 4 aliphatic carbocycles. The molecule has 0 aliphatic heterocycles. The molecule has 4 heteroatoms. The number of fused-ring (bicyclic) bond motifs is 5. The van der Waals surface area contributed by atoms with E-state index >= 15 is 0 Å². The average Bonchev–Trinajstić information content (AvgIpc) is 2.58. The third-order valence-corrected chi connectivity index (χ3v) is 8.28. The Morgan fingerprint density at radius 1 is 1.25 bits per heavy atom. The van der Waals surface area contributed by atoms with Crippen molar-refractivity contribution in [2.24, 2.45) is 29.1 Å². The van der Waals surface area contributed by atoms with Gasteiger partial charge in [-0.3, -0.25) is 4.79 Å². The first-order valence-electron chi connectivity index (χ1n) is 9.33. The molecule has 6 atom stereocenters. The van der Waals surface area contributed by atoms with E-state index in [1.807, 2.05) is 12.2 Å². The molecule has 0 heterocycles. The van der Waals surface area contributed by atoms with Crippen LogP contribution in [0, 0.1) is 29.1 Å². The van der Waals surface area contributed by atoms with E-state index in [1.54, 1.807) is 0 Å². The molecule has 0 radical (unpaired) electrons. The van der Waals surface area contributed by atoms with E-state index < -0.39 is 5.60 Å². The van der Waals surface area contributed by atoms with E-state index in [2.05, 4.69) is 6.92 Å². The van der Waals surface area contributed by atoms with Gasteiger partial charge in [0.25, 0.3) is 0 Å². The molecular formula is C20H27ClO3. The first-order valence-corrected chi connectivity index (χ1v) is 9.71. The summed E-state index contributed by atoms with van der Waals surface area (Å²) in [6.07, 6.45) is 10.5. The molecule has 4 rings (SSSR count). The maximum Gasteiger partial charge on any atom is 0.155 e. The number of aliphatic hydroxyl groups excluding tert-OH is 1. The van der Waals surface area contributed by atoms with E-state index in [4.69, 9.17) is 11.6 Å². The third kappa shape index (κ3) is 2.14. The van der Waals surface area contributed by atoms with Gasteiger partial charge < -0.3 is 10.2 Å². The number of allylic oxidation sites excluding steroid dienone is 3. The van der Waals surface area contributed by atoms with Crippen LogP contribution in [-0.4, -0.2) is 28.2 Å². The molecule has 0 aromatic carbocycles. The van der Waals surface area contributed by atoms with E-state index in [0.717, 1.165) is 38.5 Å². The molecule has 0 aromatic heterocycles. The van der Waals surface area contributed by atoms with E-state index in [0.29, 0.717) is 40.9 Å². The van der Waals surface area contributed by atoms with Gasteiger partial charge in [-0.05, 0) is 68.3 Å². The van der Waals surface area contributed by atoms with Crippen molar-refractivity contribution in [2.75, 3.05) is 6.61 Å². The highest BCUT2D eigenvalue weighted by Gasteiger charge is 2.60. The van der Waals surface area contributed by atoms with Gasteiger partial charge in [0.1, 0.15) is 5.60 Å². The molecule has 24 heavy (non-hydrogen) atoms. The highest BCUT2D eigenvalue weighted by Crippen LogP contribution is 2.63. The molecule has 0 aromatic rings. The van der Waals surface area contributed by atoms with Gasteiger partial charge in [-0.2, -0.15) is 0 Å². The van der Waals surface area contributed by atoms with Gasteiger partial charge >= 0.3 is 0 Å². The topological polar surface area (TPSA) is 57.5 Å². The highest BCUT2D eigenvalue weighted by molar-refractivity contribution is 6.30. The van der Waals surface area contributed by atoms with Gasteiger partial charge in [-0.25, -0.2) is 0 Å². The summed E-state index contributed by atoms with van der Waals surface area (Å²) < 4.78 is 0. The quantitative estimate of drug-likeness (QED) is 0.759. The molecule has 0 unspecified atom stereocenters. The summed E-state index contributed by atoms with van der Waals surface area (Å²) in [4.78, 5) is 11.8. The number of rotatable bonds is 1. The van der Waals surface area contributed by atoms with Crippen LogP contribution in [0.15, 0.2) is 22.8 Å². The number of aliphatic hydroxyl groups is 2. The van der Waals surface area contributed by atoms with Crippen molar-refractivity contribution in [1.29, 1.82) is 0 Å². The van der Waals surface area contributed by atoms with Crippen LogP contribution in [0.2, 0.25) is 0 Å². The van der Waals surface area contributed by atoms with Crippen LogP contribution in [0.4, 0.5) is 0 Å². The second kappa shape index (κ2) is 5.69. The molecule has 3 nitrogen and oxygen atoms in total. The smallest absolute Gasteiger partial charge is 0.155 e. The Hall–Kier alpha value is -0.640. The SMILES string of the molecule is C[C@]12CC[C@H]3[C@@H](CCC4=CC(=O)CC[C@@H]43)[C@@H]1CC=C(Cl)[C@@]2(O)CO. The van der Waals surface area contributed by atoms with Gasteiger partial charge in [-0.15, -0.1) is 0 Å². The normalized spacial score (nSPS) is 47.9. The highest BCUT2D eigenvalue weighted by atomic mass is 35.5. The number of carbonyl (C=O) groups is 1. The second-order valence-corrected chi connectivity index (χ2v) is 8.97. The van der Waals surface area contributed by atoms with Crippen molar-refractivity contribution < 1.29 is 15.0 Å². The van der Waals surface area contributed by atoms with Gasteiger partial charge in [0.15, 0.2) is 5.78 Å². The van der Waals surface area contributed by atoms with Crippen molar-refractivity contribution in [3.05, 3.63) is 22.8 Å². The predicted octanol–water partition coefficient (Wildman–Crippen LogP) is 3.58. The first kappa shape index (κ1) is 16.8. The van der Waals surface area contributed by atoms with Crippen LogP contribution in [0.3, 0.4) is 0 Å². The lowest BCUT2D eigenvalue weighted by Gasteiger charge is -2.60. The van der Waals surface area contributed by atoms with Crippen molar-refractivity contribution in [2.45, 2.75) is 57.5 Å². The second-order valence-electron chi connectivity index (χ2n) is 8.57. The molecule has 2 N–H and O–H groups in total. The summed E-state index contributed by atoms with van der Waals surface area (Å²) >= 11 is 6.34. The maximum atomic E-state index is 11.8. The predicted molar refractivity (Wildman–Crippen MR) is 93.4 cm³/mol. The zero-order valence-corrected chi connectivity index (χ0v) is 15.1. The van der Waals surface area contributed by atoms with Crippen LogP contribution in [0.5, 0.6) is 0 Å². The lowest BCUT2D eigenvalue weighted by atomic mass is 9.46. The number of ketones is 1. The largest absolute Gasteiger partial charge is 0.393 e. The van der Waals surface area contributed by atoms with Crippen LogP contribution < -0.4 is 0 Å². The van der Waals surface area contributed by atoms with Gasteiger partial charge in [0.05, 0.1) is 6.61 Å². The minimum atomic E-state index is -1.30. The Bertz CT molecular complexity index is 624. The van der Waals surface area contributed by atoms with Crippen molar-refractivity contribution in [1.82, 2.24) is 0 Å². The number of halogens is 1. The minimum Gasteiger partial charge on any atom is -0.393 e. The number of carbonyl (C=O) groups excluding carboxylic acids is 1. The molecule has 0 spiro atoms. The summed E-state index contributed by atoms with van der Waals surface area (Å²) in [7, 11) is 0. The van der Waals surface area contributed by atoms with Gasteiger partial charge in [0.2, 0.25) is 0 Å². The standard InChI is InChI=1S/C20H27ClO3/c1-19-9-8-15-14-5-3-13(23)10-12(14)2-4-16(15)17(19)6-7-18(21)20(19,24)11-22/h7,10,14-17,22,24H,2-6,8-9,11H2,1H3/t14-,15+,16+,17-,19-,20-/m0/s1. The van der Waals surface area contributed by atoms with Crippen molar-refractivity contribution in [3.63, 3.8) is 0 Å². The molecular weight excluding hydrogens is 324 g/mol. The van der Waals surface area contributed by atoms with Crippen LogP contribution >= 0.6 is 11.6 Å². The summed E-state index contributed by atoms with van der Waals surface area (Å²) in [6.45, 7) is 1.81. The van der Waals surface area contributed by atoms with E-state index in [9.17, 15) is 15.0 Å². The zero-order chi connectivity index (χ0) is 17.1. The lowest BCUT2D eigenvalue weighted by molar-refractivity contribution is -0.158. The molecule has 4 aliphatic rings. The lowest BCUT2D eigenvalue weighted by Crippen LogP contribution is -2.61. The third-order valence-electron chi connectivity index (χ3n) is 7.81. The molecule has 0 bridgehead atoms. The van der Waals surface area contributed by atoms with Crippen LogP contribution in [0.25, 0.3) is 0 Å². The molecule has 0 saturated heterocycles. The van der Waals surface area contributed by atoms with E-state index in [-0.39, 0.29) is 12.0 Å². The Labute approximate surface area is 148 Å². The summed E-state index contributed by atoms with van der Waals surface area (Å²) in [5.41, 5.74) is -0.292. The Kier molecular flexibility index (Phi) is 3.98. The van der Waals surface area contributed by atoms with Gasteiger partial charge in [-0.1, -0.05) is 30.2 Å². The molecule has 132 valence electrons. The number of hydrogen-bond acceptors (Lipinski definition) is 3. The fourth-order valence-corrected chi connectivity index (χ4v) is 6.74. The first-order chi connectivity index (χ1) is 11.4. The molecule has 0 amide bonds. The fourth-order valence-electron chi connectivity index (χ4n) is 6.38. The Morgan fingerprint density at radius 3 is 2.79 bits per heavy atom.